The third kappa shape index (κ3) is 8.02. The Morgan fingerprint density at radius 2 is 1.71 bits per heavy atom. The van der Waals surface area contributed by atoms with Crippen molar-refractivity contribution in [3.8, 4) is 0 Å². The van der Waals surface area contributed by atoms with Crippen molar-refractivity contribution in [2.24, 2.45) is 5.92 Å². The second-order valence-corrected chi connectivity index (χ2v) is 11.2. The van der Waals surface area contributed by atoms with Crippen LogP contribution in [0.1, 0.15) is 31.9 Å². The van der Waals surface area contributed by atoms with Crippen LogP contribution < -0.4 is 9.62 Å². The van der Waals surface area contributed by atoms with Crippen LogP contribution in [-0.2, 0) is 26.0 Å². The van der Waals surface area contributed by atoms with Crippen LogP contribution in [0.15, 0.2) is 48.5 Å². The minimum atomic E-state index is -3.79. The van der Waals surface area contributed by atoms with Crippen molar-refractivity contribution < 1.29 is 18.0 Å². The Balaban J connectivity index is 2.33. The van der Waals surface area contributed by atoms with E-state index in [1.807, 2.05) is 44.2 Å². The van der Waals surface area contributed by atoms with E-state index in [4.69, 9.17) is 11.6 Å². The number of amides is 2. The Kier molecular flexibility index (Phi) is 9.94. The zero-order valence-electron chi connectivity index (χ0n) is 20.4. The lowest BCUT2D eigenvalue weighted by Gasteiger charge is -2.32. The number of nitrogens with one attached hydrogen (secondary N) is 1. The van der Waals surface area contributed by atoms with Crippen LogP contribution in [-0.4, -0.2) is 57.1 Å². The third-order valence-corrected chi connectivity index (χ3v) is 6.82. The van der Waals surface area contributed by atoms with Crippen LogP contribution in [0.2, 0.25) is 5.02 Å². The van der Waals surface area contributed by atoms with Crippen LogP contribution in [0, 0.1) is 12.8 Å². The fourth-order valence-corrected chi connectivity index (χ4v) is 4.53. The molecule has 0 heterocycles. The predicted molar refractivity (Wildman–Crippen MR) is 138 cm³/mol. The Bertz CT molecular complexity index is 1090. The lowest BCUT2D eigenvalue weighted by molar-refractivity contribution is -0.138. The molecule has 0 saturated carbocycles. The molecule has 34 heavy (non-hydrogen) atoms. The van der Waals surface area contributed by atoms with Gasteiger partial charge in [-0.05, 0) is 49.4 Å². The van der Waals surface area contributed by atoms with Gasteiger partial charge in [-0.3, -0.25) is 13.9 Å². The molecule has 186 valence electrons. The molecule has 0 radical (unpaired) electrons. The summed E-state index contributed by atoms with van der Waals surface area (Å²) in [6, 6.07) is 13.8. The van der Waals surface area contributed by atoms with Crippen LogP contribution in [0.4, 0.5) is 5.69 Å². The summed E-state index contributed by atoms with van der Waals surface area (Å²) in [7, 11) is -3.79. The first-order valence-electron chi connectivity index (χ1n) is 11.2. The summed E-state index contributed by atoms with van der Waals surface area (Å²) >= 11 is 6.11. The minimum absolute atomic E-state index is 0.260. The molecular formula is C25H34ClN3O4S. The molecule has 0 spiro atoms. The molecule has 2 rings (SSSR count). The number of rotatable bonds is 11. The van der Waals surface area contributed by atoms with E-state index in [1.165, 1.54) is 11.0 Å². The van der Waals surface area contributed by atoms with Crippen molar-refractivity contribution in [2.45, 2.75) is 40.2 Å². The van der Waals surface area contributed by atoms with Crippen molar-refractivity contribution in [1.29, 1.82) is 0 Å². The third-order valence-electron chi connectivity index (χ3n) is 5.46. The molecule has 0 aliphatic carbocycles. The molecule has 0 fully saturated rings. The summed E-state index contributed by atoms with van der Waals surface area (Å²) in [6.07, 6.45) is 1.58. The molecule has 9 heteroatoms. The van der Waals surface area contributed by atoms with E-state index in [1.54, 1.807) is 26.0 Å². The molecular weight excluding hydrogens is 474 g/mol. The van der Waals surface area contributed by atoms with Crippen molar-refractivity contribution in [2.75, 3.05) is 30.2 Å². The molecule has 2 aromatic carbocycles. The van der Waals surface area contributed by atoms with Gasteiger partial charge in [0, 0.05) is 18.1 Å². The van der Waals surface area contributed by atoms with Gasteiger partial charge in [-0.2, -0.15) is 0 Å². The number of halogens is 1. The van der Waals surface area contributed by atoms with Crippen molar-refractivity contribution in [1.82, 2.24) is 10.2 Å². The summed E-state index contributed by atoms with van der Waals surface area (Å²) in [5.74, 6) is -0.482. The highest BCUT2D eigenvalue weighted by atomic mass is 35.5. The first-order valence-corrected chi connectivity index (χ1v) is 13.5. The van der Waals surface area contributed by atoms with E-state index in [-0.39, 0.29) is 18.4 Å². The highest BCUT2D eigenvalue weighted by Gasteiger charge is 2.30. The molecule has 0 bridgehead atoms. The molecule has 2 aromatic rings. The first-order chi connectivity index (χ1) is 15.9. The molecule has 1 N–H and O–H groups in total. The number of carbonyl (C=O) groups excluding carboxylic acids is 2. The zero-order chi connectivity index (χ0) is 25.5. The second kappa shape index (κ2) is 12.2. The summed E-state index contributed by atoms with van der Waals surface area (Å²) in [5.41, 5.74) is 2.02. The van der Waals surface area contributed by atoms with Gasteiger partial charge in [0.2, 0.25) is 21.8 Å². The maximum atomic E-state index is 13.5. The molecule has 2 amide bonds. The average Bonchev–Trinajstić information content (AvgIpc) is 2.77. The van der Waals surface area contributed by atoms with Gasteiger partial charge in [0.15, 0.2) is 0 Å². The van der Waals surface area contributed by atoms with Crippen LogP contribution in [0.5, 0.6) is 0 Å². The zero-order valence-corrected chi connectivity index (χ0v) is 22.0. The molecule has 0 unspecified atom stereocenters. The van der Waals surface area contributed by atoms with Gasteiger partial charge >= 0.3 is 0 Å². The number of aryl methyl sites for hydroxylation is 1. The number of hydrogen-bond donors (Lipinski definition) is 1. The molecule has 0 aliphatic rings. The van der Waals surface area contributed by atoms with Gasteiger partial charge in [-0.25, -0.2) is 8.42 Å². The van der Waals surface area contributed by atoms with Crippen LogP contribution in [0.3, 0.4) is 0 Å². The number of anilines is 1. The van der Waals surface area contributed by atoms with E-state index < -0.39 is 28.5 Å². The smallest absolute Gasteiger partial charge is 0.244 e. The second-order valence-electron chi connectivity index (χ2n) is 8.84. The lowest BCUT2D eigenvalue weighted by atomic mass is 10.1. The highest BCUT2D eigenvalue weighted by Crippen LogP contribution is 2.26. The van der Waals surface area contributed by atoms with E-state index in [2.05, 4.69) is 5.32 Å². The summed E-state index contributed by atoms with van der Waals surface area (Å²) in [5, 5.41) is 3.23. The quantitative estimate of drug-likeness (QED) is 0.503. The first kappa shape index (κ1) is 27.7. The molecule has 1 atom stereocenters. The molecule has 0 saturated heterocycles. The topological polar surface area (TPSA) is 86.8 Å². The number of hydrogen-bond acceptors (Lipinski definition) is 4. The van der Waals surface area contributed by atoms with E-state index in [9.17, 15) is 18.0 Å². The molecule has 7 nitrogen and oxygen atoms in total. The maximum absolute atomic E-state index is 13.5. The number of nitrogens with zero attached hydrogens (tertiary/aromatic N) is 2. The number of carbonyl (C=O) groups is 2. The minimum Gasteiger partial charge on any atom is -0.354 e. The van der Waals surface area contributed by atoms with Gasteiger partial charge < -0.3 is 10.2 Å². The van der Waals surface area contributed by atoms with Crippen molar-refractivity contribution >= 4 is 39.1 Å². The van der Waals surface area contributed by atoms with Gasteiger partial charge in [-0.1, -0.05) is 61.8 Å². The van der Waals surface area contributed by atoms with Crippen LogP contribution in [0.25, 0.3) is 0 Å². The van der Waals surface area contributed by atoms with Crippen LogP contribution >= 0.6 is 11.6 Å². The lowest BCUT2D eigenvalue weighted by Crippen LogP contribution is -2.52. The van der Waals surface area contributed by atoms with Gasteiger partial charge in [0.05, 0.1) is 11.9 Å². The summed E-state index contributed by atoms with van der Waals surface area (Å²) < 4.78 is 26.3. The average molecular weight is 508 g/mol. The normalized spacial score (nSPS) is 12.3. The standard InChI is InChI=1S/C25H34ClN3O4S/c1-18(2)16-27-25(31)20(4)28(14-13-21-9-7-6-8-10-21)24(30)17-29(34(5,32)33)23-15-22(26)12-11-19(23)3/h6-12,15,18,20H,13-14,16-17H2,1-5H3,(H,27,31)/t20-/m1/s1. The van der Waals surface area contributed by atoms with E-state index >= 15 is 0 Å². The van der Waals surface area contributed by atoms with E-state index in [0.717, 1.165) is 16.1 Å². The highest BCUT2D eigenvalue weighted by molar-refractivity contribution is 7.92. The Morgan fingerprint density at radius 1 is 1.06 bits per heavy atom. The largest absolute Gasteiger partial charge is 0.354 e. The van der Waals surface area contributed by atoms with Gasteiger partial charge in [0.25, 0.3) is 0 Å². The van der Waals surface area contributed by atoms with Gasteiger partial charge in [0.1, 0.15) is 12.6 Å². The Hall–Kier alpha value is -2.58. The number of sulfonamides is 1. The maximum Gasteiger partial charge on any atom is 0.244 e. The predicted octanol–water partition coefficient (Wildman–Crippen LogP) is 3.65. The Labute approximate surface area is 208 Å². The summed E-state index contributed by atoms with van der Waals surface area (Å²) in [6.45, 7) is 7.71. The Morgan fingerprint density at radius 3 is 2.29 bits per heavy atom. The molecule has 0 aliphatic heterocycles. The fourth-order valence-electron chi connectivity index (χ4n) is 3.47. The van der Waals surface area contributed by atoms with Crippen molar-refractivity contribution in [3.63, 3.8) is 0 Å². The fraction of sp³-hybridized carbons (Fsp3) is 0.440. The number of benzene rings is 2. The molecule has 0 aromatic heterocycles. The van der Waals surface area contributed by atoms with E-state index in [0.29, 0.717) is 29.2 Å². The monoisotopic (exact) mass is 507 g/mol. The van der Waals surface area contributed by atoms with Gasteiger partial charge in [-0.15, -0.1) is 0 Å². The summed E-state index contributed by atoms with van der Waals surface area (Å²) in [4.78, 5) is 27.7. The van der Waals surface area contributed by atoms with Crippen molar-refractivity contribution in [3.05, 3.63) is 64.7 Å². The SMILES string of the molecule is Cc1ccc(Cl)cc1N(CC(=O)N(CCc1ccccc1)[C@H](C)C(=O)NCC(C)C)S(C)(=O)=O.